The lowest BCUT2D eigenvalue weighted by Crippen LogP contribution is -2.42. The van der Waals surface area contributed by atoms with Crippen LogP contribution in [-0.4, -0.2) is 10.9 Å². The first-order valence-corrected chi connectivity index (χ1v) is 9.85. The van der Waals surface area contributed by atoms with Gasteiger partial charge in [-0.2, -0.15) is 0 Å². The zero-order chi connectivity index (χ0) is 17.9. The third-order valence-electron chi connectivity index (χ3n) is 7.38. The summed E-state index contributed by atoms with van der Waals surface area (Å²) in [5, 5.41) is 9.82. The smallest absolute Gasteiger partial charge is 0.164 e. The van der Waals surface area contributed by atoms with Gasteiger partial charge in [-0.05, 0) is 104 Å². The first-order chi connectivity index (χ1) is 12.6. The van der Waals surface area contributed by atoms with Crippen LogP contribution in [0.3, 0.4) is 0 Å². The molecule has 133 valence electrons. The molecule has 4 aliphatic rings. The van der Waals surface area contributed by atoms with Crippen molar-refractivity contribution in [3.63, 3.8) is 0 Å². The minimum Gasteiger partial charge on any atom is -0.508 e. The maximum atomic E-state index is 13.3. The maximum Gasteiger partial charge on any atom is 0.164 e. The molecule has 5 radical (unpaired) electrons. The van der Waals surface area contributed by atoms with Crippen molar-refractivity contribution in [2.24, 2.45) is 17.3 Å². The number of rotatable bonds is 1. The van der Waals surface area contributed by atoms with Gasteiger partial charge < -0.3 is 5.11 Å². The highest BCUT2D eigenvalue weighted by atomic mass is 16.3. The average molecular weight is 345 g/mol. The lowest BCUT2D eigenvalue weighted by atomic mass is 9.55. The summed E-state index contributed by atoms with van der Waals surface area (Å²) in [5.74, 6) is 3.50. The van der Waals surface area contributed by atoms with Gasteiger partial charge in [-0.1, -0.05) is 19.1 Å². The number of aryl methyl sites for hydroxylation is 1. The summed E-state index contributed by atoms with van der Waals surface area (Å²) < 4.78 is 0. The van der Waals surface area contributed by atoms with Gasteiger partial charge in [0.1, 0.15) is 5.75 Å². The minimum atomic E-state index is -0.186. The molecule has 1 aromatic rings. The van der Waals surface area contributed by atoms with Crippen molar-refractivity contribution in [3.8, 4) is 5.75 Å². The van der Waals surface area contributed by atoms with Crippen molar-refractivity contribution in [2.75, 3.05) is 0 Å². The minimum absolute atomic E-state index is 0.186. The van der Waals surface area contributed by atoms with Crippen LogP contribution in [0, 0.1) is 48.9 Å². The Kier molecular flexibility index (Phi) is 3.81. The second-order valence-electron chi connectivity index (χ2n) is 8.68. The van der Waals surface area contributed by atoms with E-state index in [1.807, 2.05) is 25.0 Å². The second kappa shape index (κ2) is 5.97. The van der Waals surface area contributed by atoms with Crippen LogP contribution in [0.15, 0.2) is 29.8 Å². The second-order valence-corrected chi connectivity index (χ2v) is 8.68. The van der Waals surface area contributed by atoms with E-state index in [1.165, 1.54) is 11.1 Å². The molecule has 4 atom stereocenters. The van der Waals surface area contributed by atoms with Gasteiger partial charge in [-0.3, -0.25) is 4.79 Å². The fraction of sp³-hybridized carbons (Fsp3) is 0.417. The van der Waals surface area contributed by atoms with E-state index in [2.05, 4.69) is 31.9 Å². The molecule has 0 heterocycles. The number of benzene rings is 1. The van der Waals surface area contributed by atoms with E-state index in [0.717, 1.165) is 43.6 Å². The molecule has 1 N–H and O–H groups in total. The summed E-state index contributed by atoms with van der Waals surface area (Å²) in [5.41, 5.74) is 3.57. The van der Waals surface area contributed by atoms with Crippen LogP contribution >= 0.6 is 0 Å². The van der Waals surface area contributed by atoms with E-state index in [9.17, 15) is 9.90 Å². The summed E-state index contributed by atoms with van der Waals surface area (Å²) in [6.07, 6.45) is 15.5. The number of ketones is 1. The Labute approximate surface area is 156 Å². The van der Waals surface area contributed by atoms with Gasteiger partial charge in [0, 0.05) is 11.3 Å². The summed E-state index contributed by atoms with van der Waals surface area (Å²) in [6, 6.07) is 5.90. The molecule has 0 bridgehead atoms. The number of hydrogen-bond acceptors (Lipinski definition) is 2. The molecule has 26 heavy (non-hydrogen) atoms. The predicted octanol–water partition coefficient (Wildman–Crippen LogP) is 4.76. The Morgan fingerprint density at radius 1 is 1.19 bits per heavy atom. The molecule has 4 aliphatic carbocycles. The number of hydrogen-bond donors (Lipinski definition) is 1. The standard InChI is InChI=1S/C24H25O2/c1-24-11-10-20-19-9-7-18(25)13-16(19)6-8-21(20)22(24)14-17(23(24)26)12-15-4-2-3-5-15/h2-5,7,9,12-13,20-22,25H,6,8,10-11,14H2,1H3/b17-12+/t20-,21-,22+,24+/m1/s1. The topological polar surface area (TPSA) is 37.3 Å². The molecular weight excluding hydrogens is 320 g/mol. The number of phenols is 1. The molecule has 0 amide bonds. The van der Waals surface area contributed by atoms with E-state index in [1.54, 1.807) is 0 Å². The zero-order valence-electron chi connectivity index (χ0n) is 15.2. The highest BCUT2D eigenvalue weighted by molar-refractivity contribution is 6.03. The monoisotopic (exact) mass is 345 g/mol. The molecular formula is C24H25O2. The number of fused-ring (bicyclic) bond motifs is 5. The molecule has 3 saturated carbocycles. The Morgan fingerprint density at radius 3 is 2.81 bits per heavy atom. The first kappa shape index (κ1) is 16.6. The Balaban J connectivity index is 1.46. The quantitative estimate of drug-likeness (QED) is 0.745. The Hall–Kier alpha value is -1.57. The normalized spacial score (nSPS) is 38.3. The summed E-state index contributed by atoms with van der Waals surface area (Å²) in [6.45, 7) is 2.22. The van der Waals surface area contributed by atoms with Crippen LogP contribution in [0.25, 0.3) is 0 Å². The number of allylic oxidation sites excluding steroid dienone is 2. The molecule has 2 nitrogen and oxygen atoms in total. The summed E-state index contributed by atoms with van der Waals surface area (Å²) in [7, 11) is 0. The number of aromatic hydroxyl groups is 1. The van der Waals surface area contributed by atoms with Gasteiger partial charge in [-0.25, -0.2) is 0 Å². The molecule has 0 spiro atoms. The molecule has 0 aliphatic heterocycles. The molecule has 0 saturated heterocycles. The molecule has 2 heteroatoms. The van der Waals surface area contributed by atoms with Crippen LogP contribution in [-0.2, 0) is 11.2 Å². The Morgan fingerprint density at radius 2 is 2.00 bits per heavy atom. The van der Waals surface area contributed by atoms with Gasteiger partial charge in [0.25, 0.3) is 0 Å². The number of Topliss-reactive ketones (excluding diaryl/α,β-unsaturated/α-hetero) is 1. The van der Waals surface area contributed by atoms with Gasteiger partial charge in [0.15, 0.2) is 5.78 Å². The largest absolute Gasteiger partial charge is 0.508 e. The van der Waals surface area contributed by atoms with Crippen LogP contribution < -0.4 is 0 Å². The van der Waals surface area contributed by atoms with Crippen molar-refractivity contribution in [2.45, 2.75) is 44.9 Å². The summed E-state index contributed by atoms with van der Waals surface area (Å²) >= 11 is 0. The highest BCUT2D eigenvalue weighted by Gasteiger charge is 2.56. The fourth-order valence-corrected chi connectivity index (χ4v) is 6.05. The highest BCUT2D eigenvalue weighted by Crippen LogP contribution is 2.61. The first-order valence-electron chi connectivity index (χ1n) is 9.85. The van der Waals surface area contributed by atoms with Crippen molar-refractivity contribution in [1.29, 1.82) is 0 Å². The third kappa shape index (κ3) is 2.41. The van der Waals surface area contributed by atoms with Crippen molar-refractivity contribution < 1.29 is 9.90 Å². The number of phenolic OH excluding ortho intramolecular Hbond substituents is 1. The van der Waals surface area contributed by atoms with Crippen LogP contribution in [0.5, 0.6) is 5.75 Å². The van der Waals surface area contributed by atoms with Gasteiger partial charge >= 0.3 is 0 Å². The summed E-state index contributed by atoms with van der Waals surface area (Å²) in [4.78, 5) is 13.3. The predicted molar refractivity (Wildman–Crippen MR) is 102 cm³/mol. The lowest BCUT2D eigenvalue weighted by molar-refractivity contribution is -0.127. The Bertz CT molecular complexity index is 770. The lowest BCUT2D eigenvalue weighted by Gasteiger charge is -2.48. The van der Waals surface area contributed by atoms with Crippen molar-refractivity contribution >= 4 is 5.78 Å². The molecule has 0 unspecified atom stereocenters. The van der Waals surface area contributed by atoms with Crippen LogP contribution in [0.1, 0.15) is 49.7 Å². The average Bonchev–Trinajstić information content (AvgIpc) is 3.23. The van der Waals surface area contributed by atoms with E-state index in [4.69, 9.17) is 0 Å². The van der Waals surface area contributed by atoms with Crippen LogP contribution in [0.2, 0.25) is 0 Å². The van der Waals surface area contributed by atoms with Crippen molar-refractivity contribution in [3.05, 3.63) is 72.6 Å². The van der Waals surface area contributed by atoms with Gasteiger partial charge in [0.2, 0.25) is 0 Å². The van der Waals surface area contributed by atoms with E-state index in [-0.39, 0.29) is 5.41 Å². The van der Waals surface area contributed by atoms with E-state index < -0.39 is 0 Å². The zero-order valence-corrected chi connectivity index (χ0v) is 15.2. The molecule has 1 aromatic carbocycles. The van der Waals surface area contributed by atoms with E-state index >= 15 is 0 Å². The van der Waals surface area contributed by atoms with Gasteiger partial charge in [0.05, 0.1) is 0 Å². The van der Waals surface area contributed by atoms with Gasteiger partial charge in [-0.15, -0.1) is 0 Å². The molecule has 0 aromatic heterocycles. The molecule has 3 fully saturated rings. The fourth-order valence-electron chi connectivity index (χ4n) is 6.05. The number of carbonyl (C=O) groups is 1. The maximum absolute atomic E-state index is 13.3. The number of carbonyl (C=O) groups excluding carboxylic acids is 1. The SMILES string of the molecule is C[C@]12CC[C@@H]3c4ccc(O)cc4CC[C@H]3[C@@H]1C/C(=C\[C]1[CH][CH][CH][CH]1)C2=O. The van der Waals surface area contributed by atoms with Crippen LogP contribution in [0.4, 0.5) is 0 Å². The molecule has 5 rings (SSSR count). The van der Waals surface area contributed by atoms with E-state index in [0.29, 0.717) is 29.3 Å². The third-order valence-corrected chi connectivity index (χ3v) is 7.38. The van der Waals surface area contributed by atoms with Crippen molar-refractivity contribution in [1.82, 2.24) is 0 Å².